The van der Waals surface area contributed by atoms with Crippen molar-refractivity contribution in [1.29, 1.82) is 0 Å². The molecule has 2 amide bonds. The van der Waals surface area contributed by atoms with Crippen molar-refractivity contribution in [1.82, 2.24) is 4.90 Å². The summed E-state index contributed by atoms with van der Waals surface area (Å²) in [6, 6.07) is -0.200. The number of aliphatic imine (C=N–C) groups is 1. The number of thioether (sulfide) groups is 1. The molecule has 0 fully saturated rings. The lowest BCUT2D eigenvalue weighted by Crippen LogP contribution is -2.47. The largest absolute Gasteiger partial charge is 0.443 e. The van der Waals surface area contributed by atoms with E-state index in [9.17, 15) is 14.0 Å². The number of imide groups is 1. The van der Waals surface area contributed by atoms with Gasteiger partial charge in [0.05, 0.1) is 6.04 Å². The first-order valence-corrected chi connectivity index (χ1v) is 8.77. The highest BCUT2D eigenvalue weighted by Crippen LogP contribution is 2.29. The molecule has 0 saturated carbocycles. The number of ether oxygens (including phenoxy) is 2. The molecule has 138 valence electrons. The summed E-state index contributed by atoms with van der Waals surface area (Å²) in [6.45, 7) is 11.4. The summed E-state index contributed by atoms with van der Waals surface area (Å²) in [6.07, 6.45) is -1.22. The van der Waals surface area contributed by atoms with Crippen LogP contribution >= 0.6 is 11.8 Å². The van der Waals surface area contributed by atoms with Gasteiger partial charge in [0.1, 0.15) is 17.9 Å². The van der Waals surface area contributed by atoms with Crippen molar-refractivity contribution in [2.24, 2.45) is 4.99 Å². The molecule has 0 aromatic carbocycles. The summed E-state index contributed by atoms with van der Waals surface area (Å²) >= 11 is 1.05. The first kappa shape index (κ1) is 20.7. The van der Waals surface area contributed by atoms with Crippen LogP contribution in [0.5, 0.6) is 0 Å². The van der Waals surface area contributed by atoms with Crippen molar-refractivity contribution >= 4 is 29.1 Å². The maximum absolute atomic E-state index is 13.1. The van der Waals surface area contributed by atoms with Gasteiger partial charge in [-0.25, -0.2) is 14.0 Å². The van der Waals surface area contributed by atoms with Crippen LogP contribution in [0.3, 0.4) is 0 Å². The molecule has 1 heterocycles. The van der Waals surface area contributed by atoms with Crippen molar-refractivity contribution in [3.05, 3.63) is 0 Å². The number of hydrogen-bond donors (Lipinski definition) is 0. The van der Waals surface area contributed by atoms with Crippen molar-refractivity contribution in [3.63, 3.8) is 0 Å². The minimum absolute atomic E-state index is 0.111. The summed E-state index contributed by atoms with van der Waals surface area (Å²) in [5.41, 5.74) is -1.58. The van der Waals surface area contributed by atoms with Gasteiger partial charge in [-0.05, 0) is 54.9 Å². The molecule has 24 heavy (non-hydrogen) atoms. The SMILES string of the molecule is C[C@H]1C[C@@H](CF)SC(N(C(=O)OC(C)(C)C)C(=O)OC(C)(C)C)=N1. The van der Waals surface area contributed by atoms with Crippen LogP contribution in [-0.2, 0) is 9.47 Å². The van der Waals surface area contributed by atoms with Crippen LogP contribution in [0.4, 0.5) is 14.0 Å². The number of halogens is 1. The Morgan fingerprint density at radius 2 is 1.62 bits per heavy atom. The van der Waals surface area contributed by atoms with E-state index in [4.69, 9.17) is 9.47 Å². The first-order chi connectivity index (χ1) is 10.8. The fourth-order valence-corrected chi connectivity index (χ4v) is 3.13. The van der Waals surface area contributed by atoms with E-state index >= 15 is 0 Å². The third-order valence-electron chi connectivity index (χ3n) is 2.72. The molecule has 1 aliphatic heterocycles. The number of nitrogens with zero attached hydrogens (tertiary/aromatic N) is 2. The van der Waals surface area contributed by atoms with E-state index in [2.05, 4.69) is 4.99 Å². The third kappa shape index (κ3) is 6.67. The maximum Gasteiger partial charge on any atom is 0.426 e. The highest BCUT2D eigenvalue weighted by atomic mass is 32.2. The average Bonchev–Trinajstić information content (AvgIpc) is 2.33. The minimum atomic E-state index is -0.880. The highest BCUT2D eigenvalue weighted by molar-refractivity contribution is 8.14. The predicted octanol–water partition coefficient (Wildman–Crippen LogP) is 4.38. The highest BCUT2D eigenvalue weighted by Gasteiger charge is 2.38. The Labute approximate surface area is 147 Å². The van der Waals surface area contributed by atoms with E-state index in [1.807, 2.05) is 6.92 Å². The predicted molar refractivity (Wildman–Crippen MR) is 93.2 cm³/mol. The van der Waals surface area contributed by atoms with Crippen molar-refractivity contribution < 1.29 is 23.5 Å². The molecule has 0 bridgehead atoms. The van der Waals surface area contributed by atoms with Crippen LogP contribution in [0.2, 0.25) is 0 Å². The van der Waals surface area contributed by atoms with Gasteiger partial charge in [0.15, 0.2) is 5.17 Å². The van der Waals surface area contributed by atoms with E-state index in [1.54, 1.807) is 41.5 Å². The summed E-state index contributed by atoms with van der Waals surface area (Å²) in [4.78, 5) is 30.1. The Morgan fingerprint density at radius 1 is 1.17 bits per heavy atom. The van der Waals surface area contributed by atoms with Crippen LogP contribution in [0, 0.1) is 0 Å². The smallest absolute Gasteiger partial charge is 0.426 e. The number of rotatable bonds is 1. The molecule has 0 unspecified atom stereocenters. The van der Waals surface area contributed by atoms with Gasteiger partial charge in [-0.15, -0.1) is 0 Å². The Hall–Kier alpha value is -1.31. The van der Waals surface area contributed by atoms with Gasteiger partial charge in [0, 0.05) is 5.25 Å². The Bertz CT molecular complexity index is 483. The molecule has 8 heteroatoms. The lowest BCUT2D eigenvalue weighted by Gasteiger charge is -2.32. The summed E-state index contributed by atoms with van der Waals surface area (Å²) in [7, 11) is 0. The van der Waals surface area contributed by atoms with E-state index in [1.165, 1.54) is 0 Å². The van der Waals surface area contributed by atoms with Crippen LogP contribution in [0.1, 0.15) is 54.9 Å². The molecule has 0 spiro atoms. The molecular formula is C16H27FN2O4S. The second kappa shape index (κ2) is 7.72. The van der Waals surface area contributed by atoms with Crippen LogP contribution < -0.4 is 0 Å². The van der Waals surface area contributed by atoms with Crippen LogP contribution in [-0.4, -0.2) is 51.4 Å². The molecule has 2 atom stereocenters. The number of carbonyl (C=O) groups is 2. The Morgan fingerprint density at radius 3 is 2.00 bits per heavy atom. The Kier molecular flexibility index (Phi) is 6.67. The molecule has 0 N–H and O–H groups in total. The molecule has 0 aliphatic carbocycles. The van der Waals surface area contributed by atoms with E-state index < -0.39 is 30.1 Å². The van der Waals surface area contributed by atoms with Gasteiger partial charge in [-0.1, -0.05) is 11.8 Å². The molecule has 0 aromatic rings. The molecular weight excluding hydrogens is 335 g/mol. The zero-order chi connectivity index (χ0) is 18.7. The first-order valence-electron chi connectivity index (χ1n) is 7.89. The second-order valence-corrected chi connectivity index (χ2v) is 8.95. The lowest BCUT2D eigenvalue weighted by molar-refractivity contribution is 0.0152. The number of carbonyl (C=O) groups excluding carboxylic acids is 2. The zero-order valence-electron chi connectivity index (χ0n) is 15.4. The summed E-state index contributed by atoms with van der Waals surface area (Å²) in [5, 5.41) is -0.250. The maximum atomic E-state index is 13.1. The summed E-state index contributed by atoms with van der Waals surface area (Å²) in [5.74, 6) is 0. The lowest BCUT2D eigenvalue weighted by atomic mass is 10.2. The number of hydrogen-bond acceptors (Lipinski definition) is 6. The van der Waals surface area contributed by atoms with Gasteiger partial charge in [-0.2, -0.15) is 4.90 Å². The molecule has 0 radical (unpaired) electrons. The van der Waals surface area contributed by atoms with Crippen LogP contribution in [0.25, 0.3) is 0 Å². The Balaban J connectivity index is 3.13. The quantitative estimate of drug-likeness (QED) is 0.692. The van der Waals surface area contributed by atoms with Gasteiger partial charge in [-0.3, -0.25) is 4.99 Å². The number of amides is 2. The average molecular weight is 362 g/mol. The molecule has 1 rings (SSSR count). The fourth-order valence-electron chi connectivity index (χ4n) is 1.90. The third-order valence-corrected chi connectivity index (χ3v) is 3.87. The van der Waals surface area contributed by atoms with Crippen molar-refractivity contribution in [3.8, 4) is 0 Å². The number of alkyl halides is 1. The normalized spacial score (nSPS) is 21.8. The fraction of sp³-hybridized carbons (Fsp3) is 0.812. The molecule has 0 aromatic heterocycles. The van der Waals surface area contributed by atoms with E-state index in [-0.39, 0.29) is 16.5 Å². The van der Waals surface area contributed by atoms with Gasteiger partial charge in [0.2, 0.25) is 0 Å². The van der Waals surface area contributed by atoms with Gasteiger partial charge in [0.25, 0.3) is 0 Å². The summed E-state index contributed by atoms with van der Waals surface area (Å²) < 4.78 is 23.7. The number of amidine groups is 1. The van der Waals surface area contributed by atoms with Gasteiger partial charge >= 0.3 is 12.2 Å². The van der Waals surface area contributed by atoms with Crippen LogP contribution in [0.15, 0.2) is 4.99 Å². The van der Waals surface area contributed by atoms with Crippen molar-refractivity contribution in [2.75, 3.05) is 6.67 Å². The second-order valence-electron chi connectivity index (χ2n) is 7.69. The topological polar surface area (TPSA) is 68.2 Å². The van der Waals surface area contributed by atoms with Gasteiger partial charge < -0.3 is 9.47 Å². The molecule has 6 nitrogen and oxygen atoms in total. The van der Waals surface area contributed by atoms with E-state index in [0.717, 1.165) is 16.7 Å². The minimum Gasteiger partial charge on any atom is -0.443 e. The monoisotopic (exact) mass is 362 g/mol. The van der Waals surface area contributed by atoms with E-state index in [0.29, 0.717) is 6.42 Å². The standard InChI is InChI=1S/C16H27FN2O4S/c1-10-8-11(9-17)24-12(18-10)19(13(20)22-15(2,3)4)14(21)23-16(5,6)7/h10-11H,8-9H2,1-7H3/t10-,11-/m0/s1. The molecule has 1 aliphatic rings. The molecule has 0 saturated heterocycles. The zero-order valence-corrected chi connectivity index (χ0v) is 16.2. The van der Waals surface area contributed by atoms with Crippen molar-refractivity contribution in [2.45, 2.75) is 77.4 Å².